The predicted molar refractivity (Wildman–Crippen MR) is 185 cm³/mol. The first kappa shape index (κ1) is 35.2. The smallest absolute Gasteiger partial charge is 0.412 e. The Kier molecular flexibility index (Phi) is 10.6. The number of ether oxygens (including phenoxy) is 2. The number of fused-ring (bicyclic) bond motifs is 2. The molecule has 258 valence electrons. The second-order valence-corrected chi connectivity index (χ2v) is 12.9. The van der Waals surface area contributed by atoms with Gasteiger partial charge in [0.25, 0.3) is 10.0 Å². The highest BCUT2D eigenvalue weighted by Crippen LogP contribution is 2.33. The van der Waals surface area contributed by atoms with Crippen molar-refractivity contribution in [2.45, 2.75) is 23.7 Å². The van der Waals surface area contributed by atoms with Crippen molar-refractivity contribution in [1.82, 2.24) is 20.2 Å². The fourth-order valence-corrected chi connectivity index (χ4v) is 6.72. The van der Waals surface area contributed by atoms with Gasteiger partial charge >= 0.3 is 12.1 Å². The minimum absolute atomic E-state index is 0.0103. The van der Waals surface area contributed by atoms with Crippen LogP contribution in [0.25, 0.3) is 21.8 Å². The molecule has 0 bridgehead atoms. The summed E-state index contributed by atoms with van der Waals surface area (Å²) in [5, 5.41) is 13.9. The van der Waals surface area contributed by atoms with Crippen LogP contribution < -0.4 is 15.4 Å². The minimum Gasteiger partial charge on any atom is -0.468 e. The topological polar surface area (TPSA) is 199 Å². The number of rotatable bonds is 12. The number of Topliss-reactive ketones (excluding diaryl/α,β-unsaturated/α-hetero) is 1. The second kappa shape index (κ2) is 15.0. The number of hydrogen-bond donors (Lipinski definition) is 4. The average molecular weight is 699 g/mol. The van der Waals surface area contributed by atoms with Gasteiger partial charge in [-0.15, -0.1) is 0 Å². The van der Waals surface area contributed by atoms with Crippen LogP contribution in [0.5, 0.6) is 0 Å². The lowest BCUT2D eigenvalue weighted by atomic mass is 9.90. The van der Waals surface area contributed by atoms with Gasteiger partial charge in [-0.3, -0.25) is 34.8 Å². The van der Waals surface area contributed by atoms with Gasteiger partial charge in [-0.2, -0.15) is 0 Å². The third kappa shape index (κ3) is 7.79. The van der Waals surface area contributed by atoms with Gasteiger partial charge in [-0.1, -0.05) is 42.5 Å². The molecule has 0 aliphatic carbocycles. The molecule has 14 nitrogen and oxygen atoms in total. The fourth-order valence-electron chi connectivity index (χ4n) is 5.49. The molecule has 0 aliphatic rings. The number of anilines is 1. The van der Waals surface area contributed by atoms with E-state index in [2.05, 4.69) is 29.8 Å². The van der Waals surface area contributed by atoms with Gasteiger partial charge in [0.05, 0.1) is 19.7 Å². The van der Waals surface area contributed by atoms with Crippen molar-refractivity contribution in [2.75, 3.05) is 25.5 Å². The molecule has 1 unspecified atom stereocenters. The van der Waals surface area contributed by atoms with Crippen LogP contribution in [0.4, 0.5) is 10.5 Å². The number of pyridine rings is 1. The number of amidine groups is 1. The quantitative estimate of drug-likeness (QED) is 0.0648. The van der Waals surface area contributed by atoms with Crippen molar-refractivity contribution >= 4 is 67.1 Å². The number of methoxy groups -OCH3 is 2. The minimum atomic E-state index is -4.10. The summed E-state index contributed by atoms with van der Waals surface area (Å²) < 4.78 is 40.6. The molecule has 15 heteroatoms. The number of hydrogen-bond acceptors (Lipinski definition) is 10. The zero-order valence-electron chi connectivity index (χ0n) is 27.4. The van der Waals surface area contributed by atoms with E-state index in [0.29, 0.717) is 32.9 Å². The first-order chi connectivity index (χ1) is 23.9. The number of esters is 1. The third-order valence-corrected chi connectivity index (χ3v) is 9.42. The highest BCUT2D eigenvalue weighted by molar-refractivity contribution is 7.93. The molecule has 50 heavy (non-hydrogen) atoms. The summed E-state index contributed by atoms with van der Waals surface area (Å²) in [6.07, 6.45) is 2.54. The maximum Gasteiger partial charge on any atom is 0.412 e. The molecule has 0 saturated heterocycles. The van der Waals surface area contributed by atoms with Crippen molar-refractivity contribution in [3.8, 4) is 0 Å². The van der Waals surface area contributed by atoms with E-state index in [0.717, 1.165) is 5.56 Å². The summed E-state index contributed by atoms with van der Waals surface area (Å²) in [5.41, 5.74) is 2.62. The van der Waals surface area contributed by atoms with Gasteiger partial charge in [-0.25, -0.2) is 13.2 Å². The Morgan fingerprint density at radius 3 is 2.42 bits per heavy atom. The molecule has 1 atom stereocenters. The van der Waals surface area contributed by atoms with Gasteiger partial charge in [0, 0.05) is 53.4 Å². The van der Waals surface area contributed by atoms with Gasteiger partial charge in [0.15, 0.2) is 0 Å². The van der Waals surface area contributed by atoms with E-state index < -0.39 is 46.2 Å². The van der Waals surface area contributed by atoms with E-state index >= 15 is 0 Å². The van der Waals surface area contributed by atoms with E-state index in [1.165, 1.54) is 26.5 Å². The van der Waals surface area contributed by atoms with Gasteiger partial charge in [-0.05, 0) is 47.9 Å². The molecule has 5 rings (SSSR count). The number of amides is 2. The predicted octanol–water partition coefficient (Wildman–Crippen LogP) is 3.78. The van der Waals surface area contributed by atoms with Crippen LogP contribution in [0.3, 0.4) is 0 Å². The number of aromatic nitrogens is 2. The van der Waals surface area contributed by atoms with Gasteiger partial charge < -0.3 is 19.4 Å². The van der Waals surface area contributed by atoms with Crippen molar-refractivity contribution in [3.05, 3.63) is 102 Å². The number of nitrogens with zero attached hydrogens (tertiary/aromatic N) is 2. The van der Waals surface area contributed by atoms with E-state index in [4.69, 9.17) is 5.41 Å². The summed E-state index contributed by atoms with van der Waals surface area (Å²) in [5.74, 6) is -3.38. The zero-order valence-corrected chi connectivity index (χ0v) is 28.2. The van der Waals surface area contributed by atoms with Gasteiger partial charge in [0.2, 0.25) is 5.91 Å². The Bertz CT molecular complexity index is 2230. The van der Waals surface area contributed by atoms with Crippen LogP contribution >= 0.6 is 0 Å². The van der Waals surface area contributed by atoms with Crippen molar-refractivity contribution in [3.63, 3.8) is 0 Å². The number of aryl methyl sites for hydroxylation is 2. The molecule has 0 aliphatic heterocycles. The standard InChI is InChI=1S/C35H34N6O8S/c1-41-20-26(25-18-24(14-15-27(25)41)40-50(46,47)29-8-4-6-22-7-5-17-37-32(22)29)31(34(44)38-19-30(43)48-2)28(42)16-11-21-9-12-23(13-10-21)33(36)39-35(45)49-3/h4-10,12-15,17-18,20,31,40H,11,16,19H2,1-3H3,(H,38,44)(H2,36,39,45). The van der Waals surface area contributed by atoms with Crippen LogP contribution in [0.15, 0.2) is 90.1 Å². The number of ketones is 1. The first-order valence-corrected chi connectivity index (χ1v) is 16.8. The Morgan fingerprint density at radius 1 is 0.960 bits per heavy atom. The molecule has 4 N–H and O–H groups in total. The number of carbonyl (C=O) groups is 4. The Balaban J connectivity index is 1.44. The summed E-state index contributed by atoms with van der Waals surface area (Å²) in [7, 11) is 0.00237. The number of carbonyl (C=O) groups excluding carboxylic acids is 4. The van der Waals surface area contributed by atoms with Crippen LogP contribution in [-0.4, -0.2) is 68.3 Å². The maximum atomic E-state index is 13.9. The molecule has 0 spiro atoms. The molecule has 2 heterocycles. The van der Waals surface area contributed by atoms with E-state index in [-0.39, 0.29) is 29.3 Å². The molecular weight excluding hydrogens is 664 g/mol. The maximum absolute atomic E-state index is 13.9. The Labute approximate surface area is 287 Å². The van der Waals surface area contributed by atoms with Crippen LogP contribution in [-0.2, 0) is 47.3 Å². The fraction of sp³-hybridized carbons (Fsp3) is 0.200. The van der Waals surface area contributed by atoms with Crippen LogP contribution in [0, 0.1) is 5.41 Å². The molecule has 2 amide bonds. The number of nitrogens with one attached hydrogen (secondary N) is 4. The lowest BCUT2D eigenvalue weighted by molar-refractivity contribution is -0.142. The molecule has 3 aromatic carbocycles. The number of para-hydroxylation sites is 1. The lowest BCUT2D eigenvalue weighted by Gasteiger charge is -2.16. The van der Waals surface area contributed by atoms with Crippen LogP contribution in [0.2, 0.25) is 0 Å². The van der Waals surface area contributed by atoms with E-state index in [1.54, 1.807) is 84.5 Å². The van der Waals surface area contributed by atoms with Crippen molar-refractivity contribution in [2.24, 2.45) is 7.05 Å². The van der Waals surface area contributed by atoms with E-state index in [1.807, 2.05) is 0 Å². The second-order valence-electron chi connectivity index (χ2n) is 11.2. The zero-order chi connectivity index (χ0) is 36.0. The Hall–Kier alpha value is -6.09. The first-order valence-electron chi connectivity index (χ1n) is 15.3. The Morgan fingerprint density at radius 2 is 1.70 bits per heavy atom. The summed E-state index contributed by atoms with van der Waals surface area (Å²) in [6, 6.07) is 19.8. The normalized spacial score (nSPS) is 11.8. The van der Waals surface area contributed by atoms with Gasteiger partial charge in [0.1, 0.15) is 29.0 Å². The number of benzene rings is 3. The molecule has 5 aromatic rings. The lowest BCUT2D eigenvalue weighted by Crippen LogP contribution is -2.37. The largest absolute Gasteiger partial charge is 0.468 e. The molecule has 2 aromatic heterocycles. The van der Waals surface area contributed by atoms with Crippen molar-refractivity contribution in [1.29, 1.82) is 5.41 Å². The number of sulfonamides is 1. The van der Waals surface area contributed by atoms with Crippen LogP contribution in [0.1, 0.15) is 29.0 Å². The molecular formula is C35H34N6O8S. The average Bonchev–Trinajstić information content (AvgIpc) is 3.43. The monoisotopic (exact) mass is 698 g/mol. The summed E-state index contributed by atoms with van der Waals surface area (Å²) >= 11 is 0. The van der Waals surface area contributed by atoms with Crippen molar-refractivity contribution < 1.29 is 37.1 Å². The summed E-state index contributed by atoms with van der Waals surface area (Å²) in [4.78, 5) is 55.0. The third-order valence-electron chi connectivity index (χ3n) is 8.00. The molecule has 0 fully saturated rings. The molecule has 0 saturated carbocycles. The molecule has 0 radical (unpaired) electrons. The van der Waals surface area contributed by atoms with E-state index in [9.17, 15) is 27.6 Å². The highest BCUT2D eigenvalue weighted by atomic mass is 32.2. The highest BCUT2D eigenvalue weighted by Gasteiger charge is 2.31. The SMILES string of the molecule is COC(=O)CNC(=O)C(C(=O)CCc1ccc(C(=N)NC(=O)OC)cc1)c1cn(C)c2ccc(NS(=O)(=O)c3cccc4cccnc34)cc12. The summed E-state index contributed by atoms with van der Waals surface area (Å²) in [6.45, 7) is -0.457. The number of alkyl carbamates (subject to hydrolysis) is 1.